The lowest BCUT2D eigenvalue weighted by molar-refractivity contribution is 0.0951. The summed E-state index contributed by atoms with van der Waals surface area (Å²) in [7, 11) is 0. The standard InChI is InChI=1S/C14H18N2O/c1-9-2-3-10-8-11(4-7-13(10)15-9)14(17)16-12-5-6-12/h4,7-9,12,15H,2-3,5-6H2,1H3,(H,16,17). The van der Waals surface area contributed by atoms with Crippen LogP contribution in [0.5, 0.6) is 0 Å². The van der Waals surface area contributed by atoms with Gasteiger partial charge in [0.25, 0.3) is 5.91 Å². The van der Waals surface area contributed by atoms with Gasteiger partial charge in [-0.2, -0.15) is 0 Å². The number of anilines is 1. The van der Waals surface area contributed by atoms with Gasteiger partial charge in [0.15, 0.2) is 0 Å². The van der Waals surface area contributed by atoms with E-state index in [-0.39, 0.29) is 5.91 Å². The SMILES string of the molecule is CC1CCc2cc(C(=O)NC3CC3)ccc2N1. The Morgan fingerprint density at radius 1 is 1.35 bits per heavy atom. The van der Waals surface area contributed by atoms with Gasteiger partial charge in [0.1, 0.15) is 0 Å². The summed E-state index contributed by atoms with van der Waals surface area (Å²) in [4.78, 5) is 11.9. The van der Waals surface area contributed by atoms with E-state index in [0.717, 1.165) is 31.2 Å². The van der Waals surface area contributed by atoms with Crippen LogP contribution in [0.4, 0.5) is 5.69 Å². The van der Waals surface area contributed by atoms with Gasteiger partial charge in [0, 0.05) is 23.3 Å². The van der Waals surface area contributed by atoms with E-state index in [1.807, 2.05) is 18.2 Å². The molecule has 1 saturated carbocycles. The number of carbonyl (C=O) groups is 1. The molecule has 3 rings (SSSR count). The third kappa shape index (κ3) is 2.28. The number of carbonyl (C=O) groups excluding carboxylic acids is 1. The molecule has 1 amide bonds. The fourth-order valence-electron chi connectivity index (χ4n) is 2.29. The topological polar surface area (TPSA) is 41.1 Å². The number of hydrogen-bond acceptors (Lipinski definition) is 2. The van der Waals surface area contributed by atoms with Crippen molar-refractivity contribution in [3.8, 4) is 0 Å². The van der Waals surface area contributed by atoms with Crippen LogP contribution in [0.2, 0.25) is 0 Å². The fraction of sp³-hybridized carbons (Fsp3) is 0.500. The first-order valence-corrected chi connectivity index (χ1v) is 6.43. The Morgan fingerprint density at radius 3 is 2.94 bits per heavy atom. The first-order valence-electron chi connectivity index (χ1n) is 6.43. The largest absolute Gasteiger partial charge is 0.382 e. The van der Waals surface area contributed by atoms with Gasteiger partial charge < -0.3 is 10.6 Å². The molecule has 2 N–H and O–H groups in total. The molecule has 1 heterocycles. The van der Waals surface area contributed by atoms with E-state index in [1.54, 1.807) is 0 Å². The average molecular weight is 230 g/mol. The molecule has 1 unspecified atom stereocenters. The fourth-order valence-corrected chi connectivity index (χ4v) is 2.29. The predicted molar refractivity (Wildman–Crippen MR) is 68.3 cm³/mol. The Balaban J connectivity index is 1.79. The smallest absolute Gasteiger partial charge is 0.251 e. The molecule has 17 heavy (non-hydrogen) atoms. The highest BCUT2D eigenvalue weighted by Crippen LogP contribution is 2.26. The normalized spacial score (nSPS) is 22.5. The van der Waals surface area contributed by atoms with Crippen molar-refractivity contribution in [3.63, 3.8) is 0 Å². The molecule has 0 spiro atoms. The second-order valence-corrected chi connectivity index (χ2v) is 5.20. The predicted octanol–water partition coefficient (Wildman–Crippen LogP) is 2.33. The Labute approximate surface area is 102 Å². The van der Waals surface area contributed by atoms with Crippen molar-refractivity contribution in [2.45, 2.75) is 44.7 Å². The maximum Gasteiger partial charge on any atom is 0.251 e. The van der Waals surface area contributed by atoms with Crippen molar-refractivity contribution in [2.75, 3.05) is 5.32 Å². The minimum atomic E-state index is 0.0777. The number of hydrogen-bond donors (Lipinski definition) is 2. The third-order valence-electron chi connectivity index (χ3n) is 3.53. The summed E-state index contributed by atoms with van der Waals surface area (Å²) < 4.78 is 0. The highest BCUT2D eigenvalue weighted by molar-refractivity contribution is 5.95. The first-order chi connectivity index (χ1) is 8.22. The Morgan fingerprint density at radius 2 is 2.18 bits per heavy atom. The lowest BCUT2D eigenvalue weighted by Gasteiger charge is -2.24. The number of rotatable bonds is 2. The number of benzene rings is 1. The van der Waals surface area contributed by atoms with Gasteiger partial charge in [0.2, 0.25) is 0 Å². The number of nitrogens with one attached hydrogen (secondary N) is 2. The van der Waals surface area contributed by atoms with Gasteiger partial charge in [-0.3, -0.25) is 4.79 Å². The molecule has 2 aliphatic rings. The molecule has 1 fully saturated rings. The highest BCUT2D eigenvalue weighted by Gasteiger charge is 2.24. The van der Waals surface area contributed by atoms with Crippen molar-refractivity contribution in [3.05, 3.63) is 29.3 Å². The van der Waals surface area contributed by atoms with E-state index < -0.39 is 0 Å². The average Bonchev–Trinajstić information content (AvgIpc) is 3.12. The van der Waals surface area contributed by atoms with Gasteiger partial charge in [-0.1, -0.05) is 0 Å². The second kappa shape index (κ2) is 4.06. The summed E-state index contributed by atoms with van der Waals surface area (Å²) in [6, 6.07) is 6.95. The summed E-state index contributed by atoms with van der Waals surface area (Å²) in [6.45, 7) is 2.19. The summed E-state index contributed by atoms with van der Waals surface area (Å²) in [5.74, 6) is 0.0777. The lowest BCUT2D eigenvalue weighted by atomic mass is 9.97. The van der Waals surface area contributed by atoms with Crippen molar-refractivity contribution < 1.29 is 4.79 Å². The van der Waals surface area contributed by atoms with Gasteiger partial charge in [-0.05, 0) is 56.4 Å². The van der Waals surface area contributed by atoms with Crippen LogP contribution >= 0.6 is 0 Å². The molecule has 0 radical (unpaired) electrons. The quantitative estimate of drug-likeness (QED) is 0.818. The molecule has 1 atom stereocenters. The first kappa shape index (κ1) is 10.6. The lowest BCUT2D eigenvalue weighted by Crippen LogP contribution is -2.26. The van der Waals surface area contributed by atoms with Crippen molar-refractivity contribution in [1.82, 2.24) is 5.32 Å². The molecule has 3 heteroatoms. The van der Waals surface area contributed by atoms with E-state index in [9.17, 15) is 4.79 Å². The van der Waals surface area contributed by atoms with Crippen molar-refractivity contribution in [1.29, 1.82) is 0 Å². The molecule has 0 bridgehead atoms. The van der Waals surface area contributed by atoms with E-state index in [0.29, 0.717) is 12.1 Å². The third-order valence-corrected chi connectivity index (χ3v) is 3.53. The molecule has 0 saturated heterocycles. The monoisotopic (exact) mass is 230 g/mol. The van der Waals surface area contributed by atoms with Crippen LogP contribution in [-0.2, 0) is 6.42 Å². The Hall–Kier alpha value is -1.51. The molecular formula is C14H18N2O. The summed E-state index contributed by atoms with van der Waals surface area (Å²) in [6.07, 6.45) is 4.47. The molecule has 1 aromatic rings. The molecule has 90 valence electrons. The molecular weight excluding hydrogens is 212 g/mol. The second-order valence-electron chi connectivity index (χ2n) is 5.20. The van der Waals surface area contributed by atoms with Crippen LogP contribution in [0.3, 0.4) is 0 Å². The summed E-state index contributed by atoms with van der Waals surface area (Å²) in [5, 5.41) is 6.47. The Kier molecular flexibility index (Phi) is 2.54. The van der Waals surface area contributed by atoms with Gasteiger partial charge in [0.05, 0.1) is 0 Å². The highest BCUT2D eigenvalue weighted by atomic mass is 16.1. The van der Waals surface area contributed by atoms with E-state index in [2.05, 4.69) is 17.6 Å². The zero-order valence-corrected chi connectivity index (χ0v) is 10.1. The molecule has 1 aliphatic carbocycles. The van der Waals surface area contributed by atoms with E-state index >= 15 is 0 Å². The van der Waals surface area contributed by atoms with Crippen LogP contribution in [0.1, 0.15) is 42.1 Å². The number of aryl methyl sites for hydroxylation is 1. The number of amides is 1. The van der Waals surface area contributed by atoms with Crippen LogP contribution in [0.15, 0.2) is 18.2 Å². The number of fused-ring (bicyclic) bond motifs is 1. The molecule has 1 aliphatic heterocycles. The van der Waals surface area contributed by atoms with Crippen LogP contribution in [0.25, 0.3) is 0 Å². The van der Waals surface area contributed by atoms with Crippen molar-refractivity contribution in [2.24, 2.45) is 0 Å². The minimum Gasteiger partial charge on any atom is -0.382 e. The molecule has 0 aromatic heterocycles. The van der Waals surface area contributed by atoms with Crippen LogP contribution in [-0.4, -0.2) is 18.0 Å². The van der Waals surface area contributed by atoms with E-state index in [1.165, 1.54) is 11.3 Å². The van der Waals surface area contributed by atoms with E-state index in [4.69, 9.17) is 0 Å². The summed E-state index contributed by atoms with van der Waals surface area (Å²) >= 11 is 0. The summed E-state index contributed by atoms with van der Waals surface area (Å²) in [5.41, 5.74) is 3.25. The van der Waals surface area contributed by atoms with Gasteiger partial charge in [-0.25, -0.2) is 0 Å². The van der Waals surface area contributed by atoms with Crippen LogP contribution < -0.4 is 10.6 Å². The van der Waals surface area contributed by atoms with Crippen LogP contribution in [0, 0.1) is 0 Å². The van der Waals surface area contributed by atoms with Crippen molar-refractivity contribution >= 4 is 11.6 Å². The maximum absolute atomic E-state index is 11.9. The minimum absolute atomic E-state index is 0.0777. The molecule has 3 nitrogen and oxygen atoms in total. The Bertz CT molecular complexity index is 452. The maximum atomic E-state index is 11.9. The van der Waals surface area contributed by atoms with Gasteiger partial charge in [-0.15, -0.1) is 0 Å². The molecule has 1 aromatic carbocycles. The zero-order chi connectivity index (χ0) is 11.8. The zero-order valence-electron chi connectivity index (χ0n) is 10.1. The van der Waals surface area contributed by atoms with Gasteiger partial charge >= 0.3 is 0 Å².